The Bertz CT molecular complexity index is 664. The van der Waals surface area contributed by atoms with E-state index in [0.29, 0.717) is 23.8 Å². The number of carbonyl (C=O) groups excluding carboxylic acids is 1. The molecule has 0 aliphatic carbocycles. The first-order chi connectivity index (χ1) is 11.8. The molecule has 1 fully saturated rings. The van der Waals surface area contributed by atoms with Crippen molar-refractivity contribution in [1.29, 1.82) is 0 Å². The monoisotopic (exact) mass is 347 g/mol. The smallest absolute Gasteiger partial charge is 0.261 e. The largest absolute Gasteiger partial charge is 0.394 e. The van der Waals surface area contributed by atoms with Crippen molar-refractivity contribution in [2.45, 2.75) is 18.9 Å². The maximum absolute atomic E-state index is 11.8. The van der Waals surface area contributed by atoms with Crippen LogP contribution in [0.2, 0.25) is 0 Å². The highest BCUT2D eigenvalue weighted by molar-refractivity contribution is 7.12. The highest BCUT2D eigenvalue weighted by Gasteiger charge is 2.25. The van der Waals surface area contributed by atoms with Crippen LogP contribution >= 0.6 is 11.3 Å². The number of nitrogens with one attached hydrogen (secondary N) is 2. The molecule has 0 aromatic carbocycles. The van der Waals surface area contributed by atoms with E-state index >= 15 is 0 Å². The summed E-state index contributed by atoms with van der Waals surface area (Å²) in [5.41, 5.74) is 0. The van der Waals surface area contributed by atoms with Gasteiger partial charge in [0.2, 0.25) is 0 Å². The summed E-state index contributed by atoms with van der Waals surface area (Å²) in [4.78, 5) is 23.2. The lowest BCUT2D eigenvalue weighted by molar-refractivity contribution is 0.0959. The lowest BCUT2D eigenvalue weighted by Crippen LogP contribution is -2.33. The van der Waals surface area contributed by atoms with E-state index in [0.717, 1.165) is 25.2 Å². The van der Waals surface area contributed by atoms with E-state index in [1.54, 1.807) is 6.07 Å². The van der Waals surface area contributed by atoms with Crippen molar-refractivity contribution in [3.05, 3.63) is 34.8 Å². The highest BCUT2D eigenvalue weighted by atomic mass is 32.1. The third-order valence-corrected chi connectivity index (χ3v) is 4.87. The first kappa shape index (κ1) is 16.7. The molecule has 3 heterocycles. The number of hydrogen-bond acceptors (Lipinski definition) is 7. The zero-order chi connectivity index (χ0) is 16.8. The fraction of sp³-hybridized carbons (Fsp3) is 0.438. The average molecular weight is 347 g/mol. The molecule has 1 aliphatic heterocycles. The molecule has 1 atom stereocenters. The Hall–Kier alpha value is -2.19. The molecule has 24 heavy (non-hydrogen) atoms. The minimum absolute atomic E-state index is 0.0574. The number of nitrogens with zero attached hydrogens (tertiary/aromatic N) is 3. The SMILES string of the molecule is O=C(NCCNc1cc(N2CCCC2CO)ncn1)c1cccs1. The number of aliphatic hydroxyl groups is 1. The Morgan fingerprint density at radius 3 is 3.12 bits per heavy atom. The van der Waals surface area contributed by atoms with E-state index in [1.807, 2.05) is 17.5 Å². The van der Waals surface area contributed by atoms with Crippen LogP contribution in [-0.2, 0) is 0 Å². The number of rotatable bonds is 7. The number of hydrogen-bond donors (Lipinski definition) is 3. The Morgan fingerprint density at radius 2 is 2.33 bits per heavy atom. The number of aromatic nitrogens is 2. The maximum Gasteiger partial charge on any atom is 0.261 e. The van der Waals surface area contributed by atoms with Crippen LogP contribution in [0.4, 0.5) is 11.6 Å². The van der Waals surface area contributed by atoms with Gasteiger partial charge in [0.05, 0.1) is 17.5 Å². The minimum Gasteiger partial charge on any atom is -0.394 e. The Morgan fingerprint density at radius 1 is 1.42 bits per heavy atom. The average Bonchev–Trinajstić information content (AvgIpc) is 3.30. The molecular formula is C16H21N5O2S. The molecule has 0 bridgehead atoms. The van der Waals surface area contributed by atoms with E-state index in [1.165, 1.54) is 17.7 Å². The van der Waals surface area contributed by atoms with Gasteiger partial charge in [0, 0.05) is 25.7 Å². The lowest BCUT2D eigenvalue weighted by Gasteiger charge is -2.24. The molecule has 0 saturated carbocycles. The van der Waals surface area contributed by atoms with Gasteiger partial charge < -0.3 is 20.6 Å². The fourth-order valence-electron chi connectivity index (χ4n) is 2.79. The molecule has 0 radical (unpaired) electrons. The molecule has 8 heteroatoms. The Labute approximate surface area is 144 Å². The van der Waals surface area contributed by atoms with Gasteiger partial charge in [-0.3, -0.25) is 4.79 Å². The zero-order valence-corrected chi connectivity index (χ0v) is 14.1. The van der Waals surface area contributed by atoms with E-state index in [-0.39, 0.29) is 18.6 Å². The predicted octanol–water partition coefficient (Wildman–Crippen LogP) is 1.34. The van der Waals surface area contributed by atoms with Gasteiger partial charge in [-0.1, -0.05) is 6.07 Å². The third-order valence-electron chi connectivity index (χ3n) is 4.00. The van der Waals surface area contributed by atoms with Crippen LogP contribution < -0.4 is 15.5 Å². The zero-order valence-electron chi connectivity index (χ0n) is 13.3. The van der Waals surface area contributed by atoms with Crippen LogP contribution in [0, 0.1) is 0 Å². The normalized spacial score (nSPS) is 17.0. The first-order valence-electron chi connectivity index (χ1n) is 8.03. The fourth-order valence-corrected chi connectivity index (χ4v) is 3.43. The van der Waals surface area contributed by atoms with Gasteiger partial charge in [-0.2, -0.15) is 0 Å². The third kappa shape index (κ3) is 4.01. The van der Waals surface area contributed by atoms with E-state index < -0.39 is 0 Å². The Kier molecular flexibility index (Phi) is 5.60. The van der Waals surface area contributed by atoms with Crippen LogP contribution in [0.15, 0.2) is 29.9 Å². The molecular weight excluding hydrogens is 326 g/mol. The number of anilines is 2. The molecule has 0 spiro atoms. The second-order valence-corrected chi connectivity index (χ2v) is 6.54. The number of amides is 1. The number of aliphatic hydroxyl groups excluding tert-OH is 1. The number of thiophene rings is 1. The first-order valence-corrected chi connectivity index (χ1v) is 8.91. The van der Waals surface area contributed by atoms with Gasteiger partial charge in [0.1, 0.15) is 18.0 Å². The second kappa shape index (κ2) is 8.07. The molecule has 1 saturated heterocycles. The molecule has 1 aliphatic rings. The van der Waals surface area contributed by atoms with E-state index in [4.69, 9.17) is 0 Å². The van der Waals surface area contributed by atoms with Gasteiger partial charge in [0.15, 0.2) is 0 Å². The van der Waals surface area contributed by atoms with Crippen molar-refractivity contribution < 1.29 is 9.90 Å². The number of carbonyl (C=O) groups is 1. The van der Waals surface area contributed by atoms with Gasteiger partial charge in [0.25, 0.3) is 5.91 Å². The summed E-state index contributed by atoms with van der Waals surface area (Å²) >= 11 is 1.42. The predicted molar refractivity (Wildman–Crippen MR) is 94.6 cm³/mol. The summed E-state index contributed by atoms with van der Waals surface area (Å²) < 4.78 is 0. The topological polar surface area (TPSA) is 90.4 Å². The van der Waals surface area contributed by atoms with Crippen LogP contribution in [0.1, 0.15) is 22.5 Å². The van der Waals surface area contributed by atoms with Crippen molar-refractivity contribution in [3.8, 4) is 0 Å². The van der Waals surface area contributed by atoms with Crippen molar-refractivity contribution in [3.63, 3.8) is 0 Å². The molecule has 7 nitrogen and oxygen atoms in total. The molecule has 1 amide bonds. The molecule has 2 aromatic rings. The van der Waals surface area contributed by atoms with Gasteiger partial charge in [-0.05, 0) is 24.3 Å². The molecule has 3 rings (SSSR count). The molecule has 3 N–H and O–H groups in total. The summed E-state index contributed by atoms with van der Waals surface area (Å²) in [6.07, 6.45) is 3.57. The van der Waals surface area contributed by atoms with Crippen molar-refractivity contribution in [1.82, 2.24) is 15.3 Å². The van der Waals surface area contributed by atoms with Crippen LogP contribution in [0.3, 0.4) is 0 Å². The highest BCUT2D eigenvalue weighted by Crippen LogP contribution is 2.24. The summed E-state index contributed by atoms with van der Waals surface area (Å²) in [7, 11) is 0. The van der Waals surface area contributed by atoms with E-state index in [2.05, 4.69) is 25.5 Å². The standard InChI is InChI=1S/C16H21N5O2S/c22-10-12-3-1-7-21(12)15-9-14(19-11-20-15)17-5-6-18-16(23)13-4-2-8-24-13/h2,4,8-9,11-12,22H,1,3,5-7,10H2,(H,18,23)(H,17,19,20). The summed E-state index contributed by atoms with van der Waals surface area (Å²) in [5.74, 6) is 1.48. The lowest BCUT2D eigenvalue weighted by atomic mass is 10.2. The van der Waals surface area contributed by atoms with Gasteiger partial charge in [-0.25, -0.2) is 9.97 Å². The van der Waals surface area contributed by atoms with Crippen molar-refractivity contribution in [2.75, 3.05) is 36.5 Å². The van der Waals surface area contributed by atoms with Crippen LogP contribution in [0.25, 0.3) is 0 Å². The van der Waals surface area contributed by atoms with Crippen LogP contribution in [-0.4, -0.2) is 53.3 Å². The van der Waals surface area contributed by atoms with Crippen molar-refractivity contribution in [2.24, 2.45) is 0 Å². The molecule has 128 valence electrons. The minimum atomic E-state index is -0.0574. The van der Waals surface area contributed by atoms with Crippen molar-refractivity contribution >= 4 is 28.9 Å². The summed E-state index contributed by atoms with van der Waals surface area (Å²) in [6, 6.07) is 5.68. The second-order valence-electron chi connectivity index (χ2n) is 5.59. The summed E-state index contributed by atoms with van der Waals surface area (Å²) in [6.45, 7) is 2.14. The maximum atomic E-state index is 11.8. The van der Waals surface area contributed by atoms with Gasteiger partial charge >= 0.3 is 0 Å². The molecule has 1 unspecified atom stereocenters. The summed E-state index contributed by atoms with van der Waals surface area (Å²) in [5, 5.41) is 17.4. The van der Waals surface area contributed by atoms with E-state index in [9.17, 15) is 9.90 Å². The molecule has 2 aromatic heterocycles. The quantitative estimate of drug-likeness (QED) is 0.655. The van der Waals surface area contributed by atoms with Gasteiger partial charge in [-0.15, -0.1) is 11.3 Å². The Balaban J connectivity index is 1.49. The van der Waals surface area contributed by atoms with Crippen LogP contribution in [0.5, 0.6) is 0 Å².